The van der Waals surface area contributed by atoms with Gasteiger partial charge in [-0.3, -0.25) is 0 Å². The van der Waals surface area contributed by atoms with Crippen molar-refractivity contribution in [2.45, 2.75) is 39.8 Å². The van der Waals surface area contributed by atoms with Crippen molar-refractivity contribution < 1.29 is 4.52 Å². The van der Waals surface area contributed by atoms with Gasteiger partial charge in [-0.15, -0.1) is 0 Å². The van der Waals surface area contributed by atoms with E-state index in [-0.39, 0.29) is 5.54 Å². The van der Waals surface area contributed by atoms with Gasteiger partial charge in [0.1, 0.15) is 24.1 Å². The predicted molar refractivity (Wildman–Crippen MR) is 78.9 cm³/mol. The number of rotatable bonds is 3. The predicted octanol–water partition coefficient (Wildman–Crippen LogP) is 2.49. The molecule has 3 heterocycles. The molecule has 3 aromatic heterocycles. The fourth-order valence-electron chi connectivity index (χ4n) is 2.12. The molecule has 0 aromatic carbocycles. The highest BCUT2D eigenvalue weighted by molar-refractivity contribution is 5.86. The van der Waals surface area contributed by atoms with Gasteiger partial charge in [0, 0.05) is 5.56 Å². The molecule has 1 N–H and O–H groups in total. The minimum absolute atomic E-state index is 0.129. The lowest BCUT2D eigenvalue weighted by molar-refractivity contribution is 0.366. The van der Waals surface area contributed by atoms with E-state index in [9.17, 15) is 0 Å². The highest BCUT2D eigenvalue weighted by Crippen LogP contribution is 2.24. The van der Waals surface area contributed by atoms with Crippen LogP contribution in [-0.4, -0.2) is 24.9 Å². The average molecular weight is 286 g/mol. The molecule has 21 heavy (non-hydrogen) atoms. The standard InChI is InChI=1S/C14H18N6O/c1-9-7-21-19-11(9)6-15-12-10-5-18-20(14(2,3)4)13(10)17-8-16-12/h5,7-8H,6H2,1-4H3,(H,15,16,17). The lowest BCUT2D eigenvalue weighted by Gasteiger charge is -2.19. The van der Waals surface area contributed by atoms with Gasteiger partial charge in [0.05, 0.1) is 23.7 Å². The molecule has 7 nitrogen and oxygen atoms in total. The second kappa shape index (κ2) is 4.83. The van der Waals surface area contributed by atoms with Crippen molar-refractivity contribution in [3.05, 3.63) is 30.0 Å². The van der Waals surface area contributed by atoms with Gasteiger partial charge in [-0.1, -0.05) is 5.16 Å². The first-order valence-corrected chi connectivity index (χ1v) is 6.80. The molecule has 110 valence electrons. The third-order valence-electron chi connectivity index (χ3n) is 3.27. The van der Waals surface area contributed by atoms with E-state index in [0.29, 0.717) is 6.54 Å². The molecule has 0 unspecified atom stereocenters. The number of aromatic nitrogens is 5. The zero-order chi connectivity index (χ0) is 15.0. The number of hydrogen-bond acceptors (Lipinski definition) is 6. The van der Waals surface area contributed by atoms with Crippen molar-refractivity contribution in [1.82, 2.24) is 24.9 Å². The zero-order valence-corrected chi connectivity index (χ0v) is 12.6. The number of nitrogens with one attached hydrogen (secondary N) is 1. The topological polar surface area (TPSA) is 81.7 Å². The zero-order valence-electron chi connectivity index (χ0n) is 12.6. The Bertz CT molecular complexity index is 767. The van der Waals surface area contributed by atoms with E-state index in [1.165, 1.54) is 0 Å². The fourth-order valence-corrected chi connectivity index (χ4v) is 2.12. The fraction of sp³-hybridized carbons (Fsp3) is 0.429. The molecule has 3 aromatic rings. The summed E-state index contributed by atoms with van der Waals surface area (Å²) in [6.45, 7) is 8.78. The Kier molecular flexibility index (Phi) is 3.12. The van der Waals surface area contributed by atoms with Crippen LogP contribution in [0.4, 0.5) is 5.82 Å². The van der Waals surface area contributed by atoms with Crippen LogP contribution in [0.15, 0.2) is 23.3 Å². The number of anilines is 1. The maximum Gasteiger partial charge on any atom is 0.163 e. The summed E-state index contributed by atoms with van der Waals surface area (Å²) in [6, 6.07) is 0. The molecule has 0 spiro atoms. The van der Waals surface area contributed by atoms with E-state index in [1.54, 1.807) is 18.8 Å². The second-order valence-electron chi connectivity index (χ2n) is 5.98. The summed E-state index contributed by atoms with van der Waals surface area (Å²) in [5.74, 6) is 0.748. The van der Waals surface area contributed by atoms with Gasteiger partial charge in [-0.05, 0) is 27.7 Å². The number of nitrogens with zero attached hydrogens (tertiary/aromatic N) is 5. The minimum Gasteiger partial charge on any atom is -0.364 e. The van der Waals surface area contributed by atoms with Crippen LogP contribution in [-0.2, 0) is 12.1 Å². The maximum atomic E-state index is 4.93. The largest absolute Gasteiger partial charge is 0.364 e. The Hall–Kier alpha value is -2.44. The van der Waals surface area contributed by atoms with Crippen molar-refractivity contribution >= 4 is 16.9 Å². The smallest absolute Gasteiger partial charge is 0.163 e. The molecule has 7 heteroatoms. The number of hydrogen-bond donors (Lipinski definition) is 1. The minimum atomic E-state index is -0.129. The Morgan fingerprint density at radius 2 is 2.10 bits per heavy atom. The van der Waals surface area contributed by atoms with Crippen molar-refractivity contribution in [2.24, 2.45) is 0 Å². The van der Waals surface area contributed by atoms with E-state index < -0.39 is 0 Å². The average Bonchev–Trinajstić information content (AvgIpc) is 3.02. The van der Waals surface area contributed by atoms with Crippen LogP contribution in [0.5, 0.6) is 0 Å². The summed E-state index contributed by atoms with van der Waals surface area (Å²) < 4.78 is 6.83. The first kappa shape index (κ1) is 13.5. The van der Waals surface area contributed by atoms with Gasteiger partial charge in [-0.2, -0.15) is 5.10 Å². The van der Waals surface area contributed by atoms with Crippen LogP contribution >= 0.6 is 0 Å². The van der Waals surface area contributed by atoms with Gasteiger partial charge in [-0.25, -0.2) is 14.6 Å². The van der Waals surface area contributed by atoms with E-state index >= 15 is 0 Å². The first-order chi connectivity index (χ1) is 9.97. The van der Waals surface area contributed by atoms with Gasteiger partial charge < -0.3 is 9.84 Å². The van der Waals surface area contributed by atoms with Crippen LogP contribution in [0.3, 0.4) is 0 Å². The van der Waals surface area contributed by atoms with Crippen LogP contribution < -0.4 is 5.32 Å². The van der Waals surface area contributed by atoms with E-state index in [1.807, 2.05) is 11.6 Å². The van der Waals surface area contributed by atoms with Crippen molar-refractivity contribution in [3.8, 4) is 0 Å². The van der Waals surface area contributed by atoms with Gasteiger partial charge in [0.2, 0.25) is 0 Å². The SMILES string of the molecule is Cc1conc1CNc1ncnc2c1cnn2C(C)(C)C. The molecule has 0 fully saturated rings. The molecule has 0 bridgehead atoms. The van der Waals surface area contributed by atoms with Gasteiger partial charge >= 0.3 is 0 Å². The molecule has 0 saturated heterocycles. The van der Waals surface area contributed by atoms with E-state index in [4.69, 9.17) is 4.52 Å². The normalized spacial score (nSPS) is 12.0. The molecular weight excluding hydrogens is 268 g/mol. The van der Waals surface area contributed by atoms with Crippen molar-refractivity contribution in [2.75, 3.05) is 5.32 Å². The lowest BCUT2D eigenvalue weighted by atomic mass is 10.1. The van der Waals surface area contributed by atoms with Crippen LogP contribution in [0.1, 0.15) is 32.0 Å². The molecule has 0 amide bonds. The summed E-state index contributed by atoms with van der Waals surface area (Å²) in [5, 5.41) is 12.5. The molecule has 0 aliphatic carbocycles. The molecule has 0 aliphatic heterocycles. The van der Waals surface area contributed by atoms with Crippen LogP contribution in [0, 0.1) is 6.92 Å². The number of fused-ring (bicyclic) bond motifs is 1. The highest BCUT2D eigenvalue weighted by atomic mass is 16.5. The summed E-state index contributed by atoms with van der Waals surface area (Å²) in [7, 11) is 0. The summed E-state index contributed by atoms with van der Waals surface area (Å²) in [5.41, 5.74) is 2.57. The van der Waals surface area contributed by atoms with E-state index in [2.05, 4.69) is 46.3 Å². The highest BCUT2D eigenvalue weighted by Gasteiger charge is 2.19. The Morgan fingerprint density at radius 1 is 1.29 bits per heavy atom. The lowest BCUT2D eigenvalue weighted by Crippen LogP contribution is -2.23. The second-order valence-corrected chi connectivity index (χ2v) is 5.98. The third-order valence-corrected chi connectivity index (χ3v) is 3.27. The van der Waals surface area contributed by atoms with Gasteiger partial charge in [0.15, 0.2) is 5.65 Å². The molecule has 0 aliphatic rings. The molecule has 3 rings (SSSR count). The Morgan fingerprint density at radius 3 is 2.76 bits per heavy atom. The molecule has 0 radical (unpaired) electrons. The molecule has 0 saturated carbocycles. The molecule has 0 atom stereocenters. The summed E-state index contributed by atoms with van der Waals surface area (Å²) >= 11 is 0. The first-order valence-electron chi connectivity index (χ1n) is 6.80. The Balaban J connectivity index is 1.93. The summed E-state index contributed by atoms with van der Waals surface area (Å²) in [6.07, 6.45) is 4.97. The van der Waals surface area contributed by atoms with Crippen LogP contribution in [0.25, 0.3) is 11.0 Å². The van der Waals surface area contributed by atoms with E-state index in [0.717, 1.165) is 28.1 Å². The van der Waals surface area contributed by atoms with Gasteiger partial charge in [0.25, 0.3) is 0 Å². The van der Waals surface area contributed by atoms with Crippen LogP contribution in [0.2, 0.25) is 0 Å². The monoisotopic (exact) mass is 286 g/mol. The maximum absolute atomic E-state index is 4.93. The number of aryl methyl sites for hydroxylation is 1. The van der Waals surface area contributed by atoms with Crippen molar-refractivity contribution in [3.63, 3.8) is 0 Å². The Labute approximate surface area is 122 Å². The molecular formula is C14H18N6O. The third kappa shape index (κ3) is 2.46. The van der Waals surface area contributed by atoms with Crippen molar-refractivity contribution in [1.29, 1.82) is 0 Å². The quantitative estimate of drug-likeness (QED) is 0.796. The summed E-state index contributed by atoms with van der Waals surface area (Å²) in [4.78, 5) is 8.64.